The molecule has 0 bridgehead atoms. The Balaban J connectivity index is 2.23. The summed E-state index contributed by atoms with van der Waals surface area (Å²) in [6.45, 7) is 3.84. The van der Waals surface area contributed by atoms with E-state index in [1.165, 1.54) is 12.1 Å². The number of carbonyl (C=O) groups is 1. The van der Waals surface area contributed by atoms with Crippen LogP contribution in [0.25, 0.3) is 0 Å². The van der Waals surface area contributed by atoms with Crippen molar-refractivity contribution in [2.75, 3.05) is 0 Å². The van der Waals surface area contributed by atoms with Gasteiger partial charge in [0.25, 0.3) is 0 Å². The minimum absolute atomic E-state index is 0.107. The van der Waals surface area contributed by atoms with Gasteiger partial charge < -0.3 is 0 Å². The molecule has 2 aromatic carbocycles. The molecule has 20 heavy (non-hydrogen) atoms. The molecule has 0 spiro atoms. The Bertz CT molecular complexity index is 620. The highest BCUT2D eigenvalue weighted by atomic mass is 79.9. The second kappa shape index (κ2) is 5.88. The van der Waals surface area contributed by atoms with Gasteiger partial charge in [0.05, 0.1) is 0 Å². The first-order valence-electron chi connectivity index (χ1n) is 6.44. The average molecular weight is 335 g/mol. The minimum atomic E-state index is -0.560. The highest BCUT2D eigenvalue weighted by molar-refractivity contribution is 9.10. The first-order valence-corrected chi connectivity index (χ1v) is 7.23. The van der Waals surface area contributed by atoms with Gasteiger partial charge in [0.15, 0.2) is 0 Å². The van der Waals surface area contributed by atoms with Crippen molar-refractivity contribution in [3.8, 4) is 0 Å². The van der Waals surface area contributed by atoms with Crippen molar-refractivity contribution in [1.82, 2.24) is 0 Å². The molecule has 2 rings (SSSR count). The summed E-state index contributed by atoms with van der Waals surface area (Å²) >= 11 is 3.31. The Kier molecular flexibility index (Phi) is 4.39. The summed E-state index contributed by atoms with van der Waals surface area (Å²) in [5, 5.41) is 0. The molecule has 0 N–H and O–H groups in total. The van der Waals surface area contributed by atoms with E-state index in [4.69, 9.17) is 0 Å². The molecule has 0 saturated carbocycles. The zero-order valence-electron chi connectivity index (χ0n) is 11.5. The third-order valence-corrected chi connectivity index (χ3v) is 4.30. The Labute approximate surface area is 127 Å². The van der Waals surface area contributed by atoms with Gasteiger partial charge in [0.1, 0.15) is 11.6 Å². The van der Waals surface area contributed by atoms with Gasteiger partial charge in [-0.05, 0) is 37.1 Å². The number of carbonyl (C=O) groups excluding carboxylic acids is 1. The van der Waals surface area contributed by atoms with Crippen LogP contribution >= 0.6 is 15.9 Å². The number of hydrogen-bond acceptors (Lipinski definition) is 1. The predicted molar refractivity (Wildman–Crippen MR) is 82.3 cm³/mol. The van der Waals surface area contributed by atoms with E-state index >= 15 is 0 Å². The van der Waals surface area contributed by atoms with Crippen molar-refractivity contribution in [3.63, 3.8) is 0 Å². The van der Waals surface area contributed by atoms with E-state index in [0.717, 1.165) is 11.1 Å². The van der Waals surface area contributed by atoms with Crippen LogP contribution < -0.4 is 0 Å². The number of ketones is 1. The molecule has 0 radical (unpaired) electrons. The van der Waals surface area contributed by atoms with Crippen LogP contribution in [0.3, 0.4) is 0 Å². The van der Waals surface area contributed by atoms with E-state index in [1.54, 1.807) is 6.07 Å². The quantitative estimate of drug-likeness (QED) is 0.793. The SMILES string of the molecule is CC(C)(C(=O)Cc1ccc(F)cc1Br)c1ccccc1. The number of halogens is 2. The summed E-state index contributed by atoms with van der Waals surface area (Å²) in [5.41, 5.74) is 1.23. The Morgan fingerprint density at radius 1 is 1.15 bits per heavy atom. The molecule has 0 heterocycles. The van der Waals surface area contributed by atoms with Gasteiger partial charge in [0.2, 0.25) is 0 Å². The van der Waals surface area contributed by atoms with Crippen molar-refractivity contribution >= 4 is 21.7 Å². The molecular weight excluding hydrogens is 319 g/mol. The maximum absolute atomic E-state index is 13.1. The van der Waals surface area contributed by atoms with Crippen molar-refractivity contribution in [1.29, 1.82) is 0 Å². The topological polar surface area (TPSA) is 17.1 Å². The van der Waals surface area contributed by atoms with Gasteiger partial charge in [0, 0.05) is 16.3 Å². The van der Waals surface area contributed by atoms with E-state index in [2.05, 4.69) is 15.9 Å². The van der Waals surface area contributed by atoms with E-state index < -0.39 is 5.41 Å². The summed E-state index contributed by atoms with van der Waals surface area (Å²) in [6.07, 6.45) is 0.281. The molecule has 104 valence electrons. The Morgan fingerprint density at radius 2 is 1.80 bits per heavy atom. The molecule has 3 heteroatoms. The third kappa shape index (κ3) is 3.15. The fraction of sp³-hybridized carbons (Fsp3) is 0.235. The first-order chi connectivity index (χ1) is 9.41. The summed E-state index contributed by atoms with van der Waals surface area (Å²) < 4.78 is 13.7. The third-order valence-electron chi connectivity index (χ3n) is 3.56. The molecule has 0 unspecified atom stereocenters. The summed E-state index contributed by atoms with van der Waals surface area (Å²) in [5.74, 6) is -0.202. The number of Topliss-reactive ketones (excluding diaryl/α,β-unsaturated/α-hetero) is 1. The minimum Gasteiger partial charge on any atom is -0.298 e. The van der Waals surface area contributed by atoms with Crippen molar-refractivity contribution < 1.29 is 9.18 Å². The lowest BCUT2D eigenvalue weighted by atomic mass is 9.78. The molecule has 0 aliphatic heterocycles. The standard InChI is InChI=1S/C17H16BrFO/c1-17(2,13-6-4-3-5-7-13)16(20)10-12-8-9-14(19)11-15(12)18/h3-9,11H,10H2,1-2H3. The molecule has 2 aromatic rings. The summed E-state index contributed by atoms with van der Waals surface area (Å²) in [6, 6.07) is 14.1. The van der Waals surface area contributed by atoms with E-state index in [9.17, 15) is 9.18 Å². The lowest BCUT2D eigenvalue weighted by Crippen LogP contribution is -2.30. The molecule has 0 saturated heterocycles. The van der Waals surface area contributed by atoms with Crippen LogP contribution in [0.4, 0.5) is 4.39 Å². The number of benzene rings is 2. The largest absolute Gasteiger partial charge is 0.298 e. The fourth-order valence-electron chi connectivity index (χ4n) is 2.07. The highest BCUT2D eigenvalue weighted by Gasteiger charge is 2.29. The Hall–Kier alpha value is -1.48. The van der Waals surface area contributed by atoms with Crippen LogP contribution in [0.5, 0.6) is 0 Å². The van der Waals surface area contributed by atoms with Gasteiger partial charge in [-0.3, -0.25) is 4.79 Å². The zero-order chi connectivity index (χ0) is 14.8. The average Bonchev–Trinajstić information content (AvgIpc) is 2.42. The van der Waals surface area contributed by atoms with Gasteiger partial charge in [-0.2, -0.15) is 0 Å². The van der Waals surface area contributed by atoms with E-state index in [-0.39, 0.29) is 18.0 Å². The van der Waals surface area contributed by atoms with Crippen LogP contribution in [0.15, 0.2) is 53.0 Å². The van der Waals surface area contributed by atoms with Crippen molar-refractivity contribution in [2.45, 2.75) is 25.7 Å². The zero-order valence-corrected chi connectivity index (χ0v) is 13.1. The number of hydrogen-bond donors (Lipinski definition) is 0. The molecular formula is C17H16BrFO. The monoisotopic (exact) mass is 334 g/mol. The van der Waals surface area contributed by atoms with Gasteiger partial charge in [-0.15, -0.1) is 0 Å². The van der Waals surface area contributed by atoms with Crippen LogP contribution in [-0.2, 0) is 16.6 Å². The van der Waals surface area contributed by atoms with Crippen LogP contribution in [-0.4, -0.2) is 5.78 Å². The van der Waals surface area contributed by atoms with Crippen LogP contribution in [0, 0.1) is 5.82 Å². The smallest absolute Gasteiger partial charge is 0.147 e. The maximum Gasteiger partial charge on any atom is 0.147 e. The lowest BCUT2D eigenvalue weighted by Gasteiger charge is -2.24. The second-order valence-electron chi connectivity index (χ2n) is 5.33. The molecule has 0 aliphatic carbocycles. The molecule has 0 fully saturated rings. The van der Waals surface area contributed by atoms with Gasteiger partial charge in [-0.25, -0.2) is 4.39 Å². The lowest BCUT2D eigenvalue weighted by molar-refractivity contribution is -0.122. The first kappa shape index (κ1) is 14.9. The van der Waals surface area contributed by atoms with Crippen molar-refractivity contribution in [2.24, 2.45) is 0 Å². The molecule has 1 nitrogen and oxygen atoms in total. The Morgan fingerprint density at radius 3 is 2.40 bits per heavy atom. The second-order valence-corrected chi connectivity index (χ2v) is 6.18. The van der Waals surface area contributed by atoms with Crippen molar-refractivity contribution in [3.05, 3.63) is 69.9 Å². The van der Waals surface area contributed by atoms with Crippen LogP contribution in [0.1, 0.15) is 25.0 Å². The van der Waals surface area contributed by atoms with E-state index in [0.29, 0.717) is 4.47 Å². The van der Waals surface area contributed by atoms with Gasteiger partial charge >= 0.3 is 0 Å². The highest BCUT2D eigenvalue weighted by Crippen LogP contribution is 2.27. The van der Waals surface area contributed by atoms with Gasteiger partial charge in [-0.1, -0.05) is 52.3 Å². The molecule has 0 atom stereocenters. The normalized spacial score (nSPS) is 11.4. The molecule has 0 amide bonds. The molecule has 0 aliphatic rings. The number of rotatable bonds is 4. The maximum atomic E-state index is 13.1. The van der Waals surface area contributed by atoms with Crippen LogP contribution in [0.2, 0.25) is 0 Å². The molecule has 0 aromatic heterocycles. The fourth-order valence-corrected chi connectivity index (χ4v) is 2.57. The summed E-state index contributed by atoms with van der Waals surface area (Å²) in [7, 11) is 0. The van der Waals surface area contributed by atoms with E-state index in [1.807, 2.05) is 44.2 Å². The predicted octanol–water partition coefficient (Wildman–Crippen LogP) is 4.68. The summed E-state index contributed by atoms with van der Waals surface area (Å²) in [4.78, 5) is 12.6.